The standard InChI is InChI=1S/C25H30FN2O3/c1-3-5-18-6-9-22(24(16-18)29-2)30-15-4-12-28-13-10-19(11-14-28)25-21-8-7-20(26)17-23(21)31-27-25/h5-9,16-17,19H,3-4,10-15H2,1-2H3. The van der Waals surface area contributed by atoms with Crippen LogP contribution in [-0.4, -0.2) is 43.4 Å². The number of benzene rings is 2. The number of methoxy groups -OCH3 is 1. The average Bonchev–Trinajstić information content (AvgIpc) is 3.21. The SMILES string of the molecule is CC[CH]c1ccc(OCCCN2CCC(c3noc4cc(F)ccc34)CC2)c(OC)c1. The topological polar surface area (TPSA) is 47.7 Å². The fourth-order valence-corrected chi connectivity index (χ4v) is 4.29. The van der Waals surface area contributed by atoms with Crippen molar-refractivity contribution in [1.29, 1.82) is 0 Å². The highest BCUT2D eigenvalue weighted by Gasteiger charge is 2.25. The molecule has 0 spiro atoms. The molecule has 0 bridgehead atoms. The molecule has 2 heterocycles. The Hall–Kier alpha value is -2.60. The second-order valence-electron chi connectivity index (χ2n) is 8.05. The summed E-state index contributed by atoms with van der Waals surface area (Å²) in [5.41, 5.74) is 2.65. The van der Waals surface area contributed by atoms with E-state index in [-0.39, 0.29) is 5.82 Å². The fourth-order valence-electron chi connectivity index (χ4n) is 4.29. The first kappa shape index (κ1) is 21.6. The molecule has 3 aromatic rings. The van der Waals surface area contributed by atoms with Gasteiger partial charge in [-0.1, -0.05) is 18.1 Å². The van der Waals surface area contributed by atoms with Gasteiger partial charge in [0, 0.05) is 23.9 Å². The lowest BCUT2D eigenvalue weighted by Gasteiger charge is -2.31. The molecule has 1 aromatic heterocycles. The summed E-state index contributed by atoms with van der Waals surface area (Å²) in [6.07, 6.45) is 6.18. The van der Waals surface area contributed by atoms with Crippen LogP contribution in [-0.2, 0) is 0 Å². The van der Waals surface area contributed by atoms with Crippen LogP contribution in [0.1, 0.15) is 49.8 Å². The molecule has 6 heteroatoms. The van der Waals surface area contributed by atoms with E-state index in [0.29, 0.717) is 18.1 Å². The fraction of sp³-hybridized carbons (Fsp3) is 0.440. The molecule has 0 N–H and O–H groups in total. The van der Waals surface area contributed by atoms with Gasteiger partial charge in [0.15, 0.2) is 17.1 Å². The lowest BCUT2D eigenvalue weighted by molar-refractivity contribution is 0.189. The molecule has 1 aliphatic rings. The summed E-state index contributed by atoms with van der Waals surface area (Å²) in [7, 11) is 1.68. The lowest BCUT2D eigenvalue weighted by atomic mass is 9.91. The summed E-state index contributed by atoms with van der Waals surface area (Å²) < 4.78 is 30.2. The van der Waals surface area contributed by atoms with Gasteiger partial charge >= 0.3 is 0 Å². The number of fused-ring (bicyclic) bond motifs is 1. The highest BCUT2D eigenvalue weighted by Crippen LogP contribution is 2.33. The summed E-state index contributed by atoms with van der Waals surface area (Å²) in [4.78, 5) is 2.47. The number of aromatic nitrogens is 1. The summed E-state index contributed by atoms with van der Waals surface area (Å²) in [6, 6.07) is 10.7. The molecule has 0 saturated carbocycles. The van der Waals surface area contributed by atoms with Gasteiger partial charge in [0.2, 0.25) is 0 Å². The third-order valence-electron chi connectivity index (χ3n) is 5.94. The molecular formula is C25H30FN2O3. The molecule has 4 rings (SSSR count). The van der Waals surface area contributed by atoms with Crippen LogP contribution in [0, 0.1) is 12.2 Å². The quantitative estimate of drug-likeness (QED) is 0.419. The molecule has 1 radical (unpaired) electrons. The van der Waals surface area contributed by atoms with Crippen molar-refractivity contribution in [3.8, 4) is 11.5 Å². The number of halogens is 1. The van der Waals surface area contributed by atoms with Crippen molar-refractivity contribution in [3.05, 3.63) is 59.9 Å². The second-order valence-corrected chi connectivity index (χ2v) is 8.05. The van der Waals surface area contributed by atoms with E-state index in [4.69, 9.17) is 14.0 Å². The zero-order valence-corrected chi connectivity index (χ0v) is 18.3. The van der Waals surface area contributed by atoms with Crippen molar-refractivity contribution < 1.29 is 18.4 Å². The first-order valence-corrected chi connectivity index (χ1v) is 11.1. The molecule has 1 saturated heterocycles. The molecule has 0 unspecified atom stereocenters. The minimum atomic E-state index is -0.292. The monoisotopic (exact) mass is 425 g/mol. The van der Waals surface area contributed by atoms with Crippen LogP contribution < -0.4 is 9.47 Å². The van der Waals surface area contributed by atoms with Crippen LogP contribution in [0.2, 0.25) is 0 Å². The summed E-state index contributed by atoms with van der Waals surface area (Å²) >= 11 is 0. The van der Waals surface area contributed by atoms with E-state index in [1.807, 2.05) is 12.1 Å². The van der Waals surface area contributed by atoms with Crippen LogP contribution in [0.3, 0.4) is 0 Å². The highest BCUT2D eigenvalue weighted by atomic mass is 19.1. The van der Waals surface area contributed by atoms with Gasteiger partial charge in [-0.15, -0.1) is 0 Å². The molecule has 0 aliphatic carbocycles. The largest absolute Gasteiger partial charge is 0.493 e. The average molecular weight is 426 g/mol. The van der Waals surface area contributed by atoms with Gasteiger partial charge in [-0.05, 0) is 75.0 Å². The number of ether oxygens (including phenoxy) is 2. The molecule has 5 nitrogen and oxygen atoms in total. The van der Waals surface area contributed by atoms with Crippen molar-refractivity contribution in [2.75, 3.05) is 33.4 Å². The molecule has 0 amide bonds. The smallest absolute Gasteiger partial charge is 0.170 e. The first-order valence-electron chi connectivity index (χ1n) is 11.1. The van der Waals surface area contributed by atoms with Gasteiger partial charge < -0.3 is 18.9 Å². The highest BCUT2D eigenvalue weighted by molar-refractivity contribution is 5.79. The van der Waals surface area contributed by atoms with Crippen LogP contribution in [0.4, 0.5) is 4.39 Å². The summed E-state index contributed by atoms with van der Waals surface area (Å²) in [5.74, 6) is 1.65. The third-order valence-corrected chi connectivity index (χ3v) is 5.94. The van der Waals surface area contributed by atoms with Crippen LogP contribution >= 0.6 is 0 Å². The Bertz CT molecular complexity index is 996. The number of likely N-dealkylation sites (tertiary alicyclic amines) is 1. The molecule has 1 fully saturated rings. The number of hydrogen-bond donors (Lipinski definition) is 0. The van der Waals surface area contributed by atoms with E-state index in [1.165, 1.54) is 12.1 Å². The van der Waals surface area contributed by atoms with E-state index >= 15 is 0 Å². The maximum atomic E-state index is 13.4. The second kappa shape index (κ2) is 10.1. The Morgan fingerprint density at radius 1 is 1.16 bits per heavy atom. The zero-order valence-electron chi connectivity index (χ0n) is 18.3. The first-order chi connectivity index (χ1) is 15.2. The summed E-state index contributed by atoms with van der Waals surface area (Å²) in [6.45, 7) is 5.82. The Balaban J connectivity index is 1.23. The molecular weight excluding hydrogens is 395 g/mol. The minimum absolute atomic E-state index is 0.292. The zero-order chi connectivity index (χ0) is 21.6. The maximum absolute atomic E-state index is 13.4. The maximum Gasteiger partial charge on any atom is 0.170 e. The van der Waals surface area contributed by atoms with Crippen LogP contribution in [0.5, 0.6) is 11.5 Å². The van der Waals surface area contributed by atoms with E-state index in [0.717, 1.165) is 73.5 Å². The molecule has 165 valence electrons. The van der Waals surface area contributed by atoms with Crippen LogP contribution in [0.25, 0.3) is 11.0 Å². The van der Waals surface area contributed by atoms with E-state index < -0.39 is 0 Å². The van der Waals surface area contributed by atoms with Gasteiger partial charge in [-0.3, -0.25) is 0 Å². The molecule has 0 atom stereocenters. The third kappa shape index (κ3) is 5.18. The minimum Gasteiger partial charge on any atom is -0.493 e. The van der Waals surface area contributed by atoms with Crippen molar-refractivity contribution >= 4 is 11.0 Å². The number of nitrogens with zero attached hydrogens (tertiary/aromatic N) is 2. The Morgan fingerprint density at radius 2 is 2.00 bits per heavy atom. The number of piperidine rings is 1. The Morgan fingerprint density at radius 3 is 2.77 bits per heavy atom. The normalized spacial score (nSPS) is 15.5. The number of hydrogen-bond acceptors (Lipinski definition) is 5. The van der Waals surface area contributed by atoms with Gasteiger partial charge in [0.25, 0.3) is 0 Å². The van der Waals surface area contributed by atoms with Gasteiger partial charge in [-0.25, -0.2) is 4.39 Å². The molecule has 2 aromatic carbocycles. The van der Waals surface area contributed by atoms with Crippen molar-refractivity contribution in [1.82, 2.24) is 10.1 Å². The van der Waals surface area contributed by atoms with E-state index in [2.05, 4.69) is 29.5 Å². The lowest BCUT2D eigenvalue weighted by Crippen LogP contribution is -2.34. The van der Waals surface area contributed by atoms with E-state index in [9.17, 15) is 4.39 Å². The van der Waals surface area contributed by atoms with Crippen molar-refractivity contribution in [3.63, 3.8) is 0 Å². The van der Waals surface area contributed by atoms with Crippen molar-refractivity contribution in [2.45, 2.75) is 38.5 Å². The summed E-state index contributed by atoms with van der Waals surface area (Å²) in [5, 5.41) is 5.17. The predicted molar refractivity (Wildman–Crippen MR) is 119 cm³/mol. The van der Waals surface area contributed by atoms with E-state index in [1.54, 1.807) is 13.2 Å². The number of rotatable bonds is 9. The van der Waals surface area contributed by atoms with Gasteiger partial charge in [0.05, 0.1) is 19.4 Å². The molecule has 1 aliphatic heterocycles. The van der Waals surface area contributed by atoms with Crippen molar-refractivity contribution in [2.24, 2.45) is 0 Å². The molecule has 31 heavy (non-hydrogen) atoms. The Labute approximate surface area is 183 Å². The van der Waals surface area contributed by atoms with Gasteiger partial charge in [0.1, 0.15) is 5.82 Å². The van der Waals surface area contributed by atoms with Crippen LogP contribution in [0.15, 0.2) is 40.9 Å². The predicted octanol–water partition coefficient (Wildman–Crippen LogP) is 5.59. The van der Waals surface area contributed by atoms with Gasteiger partial charge in [-0.2, -0.15) is 0 Å². The Kier molecular flexibility index (Phi) is 7.07.